The molecule has 0 aliphatic carbocycles. The van der Waals surface area contributed by atoms with E-state index in [1.807, 2.05) is 0 Å². The third kappa shape index (κ3) is 1.98. The molecular weight excluding hydrogens is 95.1 g/mol. The van der Waals surface area contributed by atoms with E-state index in [-0.39, 0.29) is 5.76 Å². The van der Waals surface area contributed by atoms with E-state index in [0.717, 1.165) is 0 Å². The molecular formula is C5H7FO. The van der Waals surface area contributed by atoms with Crippen molar-refractivity contribution in [2.24, 2.45) is 0 Å². The number of rotatable bonds is 2. The predicted octanol–water partition coefficient (Wildman–Crippen LogP) is 1.98. The van der Waals surface area contributed by atoms with Crippen molar-refractivity contribution in [1.29, 1.82) is 0 Å². The normalized spacial score (nSPS) is 10.9. The maximum absolute atomic E-state index is 11.0. The van der Waals surface area contributed by atoms with E-state index in [4.69, 9.17) is 0 Å². The van der Waals surface area contributed by atoms with Crippen LogP contribution in [-0.4, -0.2) is 0 Å². The van der Waals surface area contributed by atoms with Crippen LogP contribution in [0.3, 0.4) is 0 Å². The van der Waals surface area contributed by atoms with Crippen molar-refractivity contribution >= 4 is 0 Å². The number of allylic oxidation sites excluding steroid dienone is 2. The van der Waals surface area contributed by atoms with E-state index in [9.17, 15) is 4.53 Å². The summed E-state index contributed by atoms with van der Waals surface area (Å²) in [5.41, 5.74) is 0. The van der Waals surface area contributed by atoms with Gasteiger partial charge in [-0.3, -0.25) is 4.94 Å². The van der Waals surface area contributed by atoms with Gasteiger partial charge in [-0.15, -0.1) is 0 Å². The molecule has 0 aromatic rings. The van der Waals surface area contributed by atoms with Crippen LogP contribution in [-0.2, 0) is 4.94 Å². The van der Waals surface area contributed by atoms with Crippen LogP contribution in [0.4, 0.5) is 4.53 Å². The van der Waals surface area contributed by atoms with Crippen molar-refractivity contribution in [2.75, 3.05) is 0 Å². The Bertz CT molecular complexity index is 86.1. The molecule has 0 radical (unpaired) electrons. The molecule has 0 aromatic heterocycles. The zero-order valence-corrected chi connectivity index (χ0v) is 4.15. The van der Waals surface area contributed by atoms with Gasteiger partial charge in [0.15, 0.2) is 5.76 Å². The van der Waals surface area contributed by atoms with Crippen molar-refractivity contribution in [3.05, 3.63) is 24.5 Å². The summed E-state index contributed by atoms with van der Waals surface area (Å²) in [5, 5.41) is 0. The average molecular weight is 102 g/mol. The first kappa shape index (κ1) is 6.21. The van der Waals surface area contributed by atoms with Gasteiger partial charge in [-0.05, 0) is 19.1 Å². The maximum atomic E-state index is 11.0. The molecule has 0 rings (SSSR count). The molecule has 0 N–H and O–H groups in total. The summed E-state index contributed by atoms with van der Waals surface area (Å²) in [6.07, 6.45) is 2.77. The number of halogens is 1. The fourth-order valence-corrected chi connectivity index (χ4v) is 0.194. The smallest absolute Gasteiger partial charge is 0.167 e. The zero-order valence-electron chi connectivity index (χ0n) is 4.15. The van der Waals surface area contributed by atoms with Gasteiger partial charge in [0.1, 0.15) is 0 Å². The molecule has 0 aliphatic rings. The van der Waals surface area contributed by atoms with Gasteiger partial charge < -0.3 is 0 Å². The highest BCUT2D eigenvalue weighted by atomic mass is 19.3. The van der Waals surface area contributed by atoms with Crippen molar-refractivity contribution < 1.29 is 9.47 Å². The summed E-state index contributed by atoms with van der Waals surface area (Å²) in [7, 11) is 0. The molecule has 0 fully saturated rings. The van der Waals surface area contributed by atoms with E-state index < -0.39 is 0 Å². The summed E-state index contributed by atoms with van der Waals surface area (Å²) in [6.45, 7) is 4.93. The third-order valence-corrected chi connectivity index (χ3v) is 0.575. The van der Waals surface area contributed by atoms with E-state index >= 15 is 0 Å². The Balaban J connectivity index is 3.60. The minimum atomic E-state index is 0.153. The number of hydrogen-bond donors (Lipinski definition) is 0. The lowest BCUT2D eigenvalue weighted by molar-refractivity contribution is -0.0766. The number of hydrogen-bond acceptors (Lipinski definition) is 1. The summed E-state index contributed by atoms with van der Waals surface area (Å²) >= 11 is 0. The Hall–Kier alpha value is -0.790. The van der Waals surface area contributed by atoms with Crippen LogP contribution >= 0.6 is 0 Å². The quantitative estimate of drug-likeness (QED) is 0.382. The van der Waals surface area contributed by atoms with E-state index in [0.29, 0.717) is 0 Å². The van der Waals surface area contributed by atoms with E-state index in [1.165, 1.54) is 12.2 Å². The molecule has 40 valence electrons. The van der Waals surface area contributed by atoms with Gasteiger partial charge >= 0.3 is 0 Å². The molecule has 0 saturated carbocycles. The molecule has 1 nitrogen and oxygen atoms in total. The first-order chi connectivity index (χ1) is 3.35. The van der Waals surface area contributed by atoms with Crippen molar-refractivity contribution in [3.63, 3.8) is 0 Å². The fraction of sp³-hybridized carbons (Fsp3) is 0.200. The highest BCUT2D eigenvalue weighted by molar-refractivity contribution is 5.05. The molecule has 0 saturated heterocycles. The van der Waals surface area contributed by atoms with Crippen LogP contribution in [0.5, 0.6) is 0 Å². The van der Waals surface area contributed by atoms with Crippen LogP contribution < -0.4 is 0 Å². The fourth-order valence-electron chi connectivity index (χ4n) is 0.194. The topological polar surface area (TPSA) is 9.23 Å². The van der Waals surface area contributed by atoms with Crippen LogP contribution in [0.1, 0.15) is 6.92 Å². The Kier molecular flexibility index (Phi) is 3.02. The van der Waals surface area contributed by atoms with Gasteiger partial charge in [0.05, 0.1) is 0 Å². The van der Waals surface area contributed by atoms with Crippen molar-refractivity contribution in [1.82, 2.24) is 0 Å². The summed E-state index contributed by atoms with van der Waals surface area (Å²) in [4.78, 5) is 3.29. The lowest BCUT2D eigenvalue weighted by Crippen LogP contribution is -1.71. The Morgan fingerprint density at radius 3 is 2.43 bits per heavy atom. The minimum Gasteiger partial charge on any atom is -0.295 e. The second-order valence-corrected chi connectivity index (χ2v) is 0.972. The first-order valence-electron chi connectivity index (χ1n) is 1.92. The molecule has 0 amide bonds. The molecule has 7 heavy (non-hydrogen) atoms. The van der Waals surface area contributed by atoms with Crippen LogP contribution in [0.25, 0.3) is 0 Å². The molecule has 2 heteroatoms. The second kappa shape index (κ2) is 3.40. The highest BCUT2D eigenvalue weighted by Gasteiger charge is 1.82. The summed E-state index contributed by atoms with van der Waals surface area (Å²) in [5.74, 6) is 0.153. The van der Waals surface area contributed by atoms with Crippen molar-refractivity contribution in [2.45, 2.75) is 6.92 Å². The summed E-state index contributed by atoms with van der Waals surface area (Å²) < 4.78 is 11.0. The van der Waals surface area contributed by atoms with Gasteiger partial charge in [0.2, 0.25) is 0 Å². The van der Waals surface area contributed by atoms with Gasteiger partial charge in [-0.1, -0.05) is 6.58 Å². The van der Waals surface area contributed by atoms with Gasteiger partial charge in [0.25, 0.3) is 0 Å². The summed E-state index contributed by atoms with van der Waals surface area (Å²) in [6, 6.07) is 0. The standard InChI is InChI=1S/C5H7FO/c1-3-5(4-2)7-6/h3-4H,1H2,2H3/b5-4+. The first-order valence-corrected chi connectivity index (χ1v) is 1.92. The largest absolute Gasteiger partial charge is 0.295 e. The average Bonchev–Trinajstić information content (AvgIpc) is 1.72. The van der Waals surface area contributed by atoms with Gasteiger partial charge in [-0.25, -0.2) is 0 Å². The molecule has 0 unspecified atom stereocenters. The minimum absolute atomic E-state index is 0.153. The molecule has 0 heterocycles. The van der Waals surface area contributed by atoms with Crippen molar-refractivity contribution in [3.8, 4) is 0 Å². The monoisotopic (exact) mass is 102 g/mol. The zero-order chi connectivity index (χ0) is 5.70. The second-order valence-electron chi connectivity index (χ2n) is 0.972. The van der Waals surface area contributed by atoms with E-state index in [2.05, 4.69) is 11.5 Å². The molecule has 0 spiro atoms. The molecule has 0 aliphatic heterocycles. The Labute approximate surface area is 42.0 Å². The van der Waals surface area contributed by atoms with Gasteiger partial charge in [0, 0.05) is 4.53 Å². The Morgan fingerprint density at radius 1 is 1.86 bits per heavy atom. The molecule has 0 atom stereocenters. The maximum Gasteiger partial charge on any atom is 0.167 e. The lowest BCUT2D eigenvalue weighted by atomic mass is 10.5. The predicted molar refractivity (Wildman–Crippen MR) is 26.1 cm³/mol. The Morgan fingerprint density at radius 2 is 2.43 bits per heavy atom. The SMILES string of the molecule is C=C/C(=C\C)OF. The molecule has 0 aromatic carbocycles. The molecule has 0 bridgehead atoms. The van der Waals surface area contributed by atoms with Gasteiger partial charge in [-0.2, -0.15) is 0 Å². The van der Waals surface area contributed by atoms with Crippen LogP contribution in [0.15, 0.2) is 24.5 Å². The van der Waals surface area contributed by atoms with Crippen LogP contribution in [0, 0.1) is 0 Å². The van der Waals surface area contributed by atoms with E-state index in [1.54, 1.807) is 6.92 Å². The third-order valence-electron chi connectivity index (χ3n) is 0.575. The highest BCUT2D eigenvalue weighted by Crippen LogP contribution is 1.95. The lowest BCUT2D eigenvalue weighted by Gasteiger charge is -1.85. The van der Waals surface area contributed by atoms with Crippen LogP contribution in [0.2, 0.25) is 0 Å².